The van der Waals surface area contributed by atoms with Gasteiger partial charge in [0.1, 0.15) is 0 Å². The Bertz CT molecular complexity index is 1290. The van der Waals surface area contributed by atoms with E-state index in [-0.39, 0.29) is 33.3 Å². The van der Waals surface area contributed by atoms with Crippen molar-refractivity contribution in [1.82, 2.24) is 0 Å². The second-order valence-electron chi connectivity index (χ2n) is 7.17. The van der Waals surface area contributed by atoms with Crippen LogP contribution in [0.1, 0.15) is 33.2 Å². The minimum absolute atomic E-state index is 0.114. The molecule has 0 bridgehead atoms. The lowest BCUT2D eigenvalue weighted by molar-refractivity contribution is 0.0526. The third-order valence-electron chi connectivity index (χ3n) is 4.89. The number of nitrogens with zero attached hydrogens (tertiary/aromatic N) is 1. The van der Waals surface area contributed by atoms with Gasteiger partial charge in [-0.25, -0.2) is 13.2 Å². The highest BCUT2D eigenvalue weighted by molar-refractivity contribution is 7.92. The van der Waals surface area contributed by atoms with E-state index >= 15 is 0 Å². The fourth-order valence-corrected chi connectivity index (χ4v) is 4.51. The number of hydrogen-bond acceptors (Lipinski definition) is 5. The number of ether oxygens (including phenoxy) is 1. The number of sulfonamides is 1. The number of rotatable bonds is 7. The topological polar surface area (TPSA) is 92.8 Å². The average molecular weight is 487 g/mol. The Morgan fingerprint density at radius 1 is 1.00 bits per heavy atom. The molecule has 9 heteroatoms. The SMILES string of the molecule is CCOC(=O)c1cc(NC(=O)c2ccccc2N(C)S(=O)(=O)c2ccc(C)cc2)ccc1Cl. The predicted molar refractivity (Wildman–Crippen MR) is 129 cm³/mol. The van der Waals surface area contributed by atoms with Crippen LogP contribution < -0.4 is 9.62 Å². The normalized spacial score (nSPS) is 11.0. The molecular formula is C24H23ClN2O5S. The monoisotopic (exact) mass is 486 g/mol. The van der Waals surface area contributed by atoms with Crippen molar-refractivity contribution in [2.24, 2.45) is 0 Å². The summed E-state index contributed by atoms with van der Waals surface area (Å²) >= 11 is 6.08. The first-order chi connectivity index (χ1) is 15.6. The van der Waals surface area contributed by atoms with Crippen molar-refractivity contribution in [1.29, 1.82) is 0 Å². The van der Waals surface area contributed by atoms with Gasteiger partial charge in [-0.3, -0.25) is 9.10 Å². The Balaban J connectivity index is 1.92. The van der Waals surface area contributed by atoms with Crippen molar-refractivity contribution < 1.29 is 22.7 Å². The summed E-state index contributed by atoms with van der Waals surface area (Å²) in [5.41, 5.74) is 1.70. The van der Waals surface area contributed by atoms with E-state index in [1.807, 2.05) is 6.92 Å². The van der Waals surface area contributed by atoms with Crippen molar-refractivity contribution in [3.05, 3.63) is 88.4 Å². The van der Waals surface area contributed by atoms with Crippen molar-refractivity contribution >= 4 is 44.9 Å². The van der Waals surface area contributed by atoms with Gasteiger partial charge in [-0.05, 0) is 56.3 Å². The molecule has 3 aromatic rings. The molecule has 1 amide bonds. The highest BCUT2D eigenvalue weighted by Gasteiger charge is 2.25. The zero-order valence-corrected chi connectivity index (χ0v) is 19.9. The number of carbonyl (C=O) groups excluding carboxylic acids is 2. The van der Waals surface area contributed by atoms with E-state index in [0.717, 1.165) is 9.87 Å². The molecule has 0 saturated heterocycles. The molecule has 0 fully saturated rings. The van der Waals surface area contributed by atoms with Crippen LogP contribution in [0.4, 0.5) is 11.4 Å². The number of benzene rings is 3. The predicted octanol–water partition coefficient (Wildman–Crippen LogP) is 4.90. The largest absolute Gasteiger partial charge is 0.462 e. The number of nitrogens with one attached hydrogen (secondary N) is 1. The molecule has 0 radical (unpaired) electrons. The van der Waals surface area contributed by atoms with Crippen LogP contribution in [0.25, 0.3) is 0 Å². The number of para-hydroxylation sites is 1. The number of esters is 1. The number of anilines is 2. The van der Waals surface area contributed by atoms with Gasteiger partial charge in [0.25, 0.3) is 15.9 Å². The lowest BCUT2D eigenvalue weighted by Gasteiger charge is -2.22. The van der Waals surface area contributed by atoms with Crippen LogP contribution in [0, 0.1) is 6.92 Å². The molecular weight excluding hydrogens is 464 g/mol. The molecule has 0 heterocycles. The van der Waals surface area contributed by atoms with Crippen molar-refractivity contribution in [3.63, 3.8) is 0 Å². The lowest BCUT2D eigenvalue weighted by Crippen LogP contribution is -2.29. The minimum Gasteiger partial charge on any atom is -0.462 e. The molecule has 0 unspecified atom stereocenters. The van der Waals surface area contributed by atoms with Gasteiger partial charge >= 0.3 is 5.97 Å². The quantitative estimate of drug-likeness (QED) is 0.479. The average Bonchev–Trinajstić information content (AvgIpc) is 2.80. The van der Waals surface area contributed by atoms with Crippen LogP contribution in [0.5, 0.6) is 0 Å². The minimum atomic E-state index is -3.89. The van der Waals surface area contributed by atoms with Gasteiger partial charge < -0.3 is 10.1 Å². The Labute approximate surface area is 198 Å². The van der Waals surface area contributed by atoms with Crippen LogP contribution in [-0.4, -0.2) is 33.9 Å². The van der Waals surface area contributed by atoms with Crippen molar-refractivity contribution in [3.8, 4) is 0 Å². The van der Waals surface area contributed by atoms with E-state index < -0.39 is 21.9 Å². The Hall–Kier alpha value is -3.36. The molecule has 0 spiro atoms. The van der Waals surface area contributed by atoms with E-state index in [1.165, 1.54) is 37.4 Å². The molecule has 0 aliphatic heterocycles. The van der Waals surface area contributed by atoms with E-state index in [1.54, 1.807) is 43.3 Å². The van der Waals surface area contributed by atoms with Gasteiger partial charge in [0.15, 0.2) is 0 Å². The van der Waals surface area contributed by atoms with Crippen LogP contribution in [0.15, 0.2) is 71.6 Å². The van der Waals surface area contributed by atoms with Crippen LogP contribution in [0.3, 0.4) is 0 Å². The number of carbonyl (C=O) groups is 2. The number of aryl methyl sites for hydroxylation is 1. The molecule has 0 aromatic heterocycles. The van der Waals surface area contributed by atoms with Crippen LogP contribution >= 0.6 is 11.6 Å². The maximum absolute atomic E-state index is 13.1. The zero-order chi connectivity index (χ0) is 24.2. The fraction of sp³-hybridized carbons (Fsp3) is 0.167. The van der Waals surface area contributed by atoms with Gasteiger partial charge in [0, 0.05) is 12.7 Å². The highest BCUT2D eigenvalue weighted by atomic mass is 35.5. The smallest absolute Gasteiger partial charge is 0.339 e. The molecule has 33 heavy (non-hydrogen) atoms. The first kappa shape index (κ1) is 24.3. The number of amides is 1. The van der Waals surface area contributed by atoms with E-state index in [2.05, 4.69) is 5.32 Å². The Morgan fingerprint density at radius 2 is 1.67 bits per heavy atom. The van der Waals surface area contributed by atoms with Gasteiger partial charge in [-0.2, -0.15) is 0 Å². The summed E-state index contributed by atoms with van der Waals surface area (Å²) in [5.74, 6) is -1.16. The maximum atomic E-state index is 13.1. The molecule has 1 N–H and O–H groups in total. The third-order valence-corrected chi connectivity index (χ3v) is 7.00. The molecule has 0 atom stereocenters. The van der Waals surface area contributed by atoms with E-state index in [0.29, 0.717) is 5.69 Å². The first-order valence-electron chi connectivity index (χ1n) is 10.1. The molecule has 0 saturated carbocycles. The number of halogens is 1. The summed E-state index contributed by atoms with van der Waals surface area (Å²) in [6.45, 7) is 3.72. The summed E-state index contributed by atoms with van der Waals surface area (Å²) in [7, 11) is -2.50. The van der Waals surface area contributed by atoms with Crippen LogP contribution in [-0.2, 0) is 14.8 Å². The molecule has 3 aromatic carbocycles. The van der Waals surface area contributed by atoms with Gasteiger partial charge in [0.05, 0.1) is 33.3 Å². The van der Waals surface area contributed by atoms with Gasteiger partial charge in [-0.15, -0.1) is 0 Å². The summed E-state index contributed by atoms with van der Waals surface area (Å²) in [4.78, 5) is 25.3. The van der Waals surface area contributed by atoms with Crippen molar-refractivity contribution in [2.75, 3.05) is 23.3 Å². The Morgan fingerprint density at radius 3 is 2.33 bits per heavy atom. The fourth-order valence-electron chi connectivity index (χ4n) is 3.10. The second kappa shape index (κ2) is 10.1. The summed E-state index contributed by atoms with van der Waals surface area (Å²) < 4.78 is 32.3. The standard InChI is InChI=1S/C24H23ClN2O5S/c1-4-32-24(29)20-15-17(11-14-21(20)25)26-23(28)19-7-5-6-8-22(19)27(3)33(30,31)18-12-9-16(2)10-13-18/h5-15H,4H2,1-3H3,(H,26,28). The molecule has 172 valence electrons. The molecule has 0 aliphatic carbocycles. The molecule has 0 aliphatic rings. The molecule has 3 rings (SSSR count). The third kappa shape index (κ3) is 5.35. The summed E-state index contributed by atoms with van der Waals surface area (Å²) in [6, 6.07) is 17.2. The van der Waals surface area contributed by atoms with E-state index in [9.17, 15) is 18.0 Å². The highest BCUT2D eigenvalue weighted by Crippen LogP contribution is 2.27. The van der Waals surface area contributed by atoms with Crippen molar-refractivity contribution in [2.45, 2.75) is 18.7 Å². The number of hydrogen-bond donors (Lipinski definition) is 1. The second-order valence-corrected chi connectivity index (χ2v) is 9.55. The molecule has 7 nitrogen and oxygen atoms in total. The lowest BCUT2D eigenvalue weighted by atomic mass is 10.1. The van der Waals surface area contributed by atoms with E-state index in [4.69, 9.17) is 16.3 Å². The zero-order valence-electron chi connectivity index (χ0n) is 18.3. The summed E-state index contributed by atoms with van der Waals surface area (Å²) in [6.07, 6.45) is 0. The van der Waals surface area contributed by atoms with Gasteiger partial charge in [0.2, 0.25) is 0 Å². The Kier molecular flexibility index (Phi) is 7.40. The van der Waals surface area contributed by atoms with Gasteiger partial charge in [-0.1, -0.05) is 41.4 Å². The van der Waals surface area contributed by atoms with Crippen LogP contribution in [0.2, 0.25) is 5.02 Å². The first-order valence-corrected chi connectivity index (χ1v) is 11.9. The summed E-state index contributed by atoms with van der Waals surface area (Å²) in [5, 5.41) is 2.88. The maximum Gasteiger partial charge on any atom is 0.339 e.